The van der Waals surface area contributed by atoms with Crippen molar-refractivity contribution < 1.29 is 29.3 Å². The van der Waals surface area contributed by atoms with Crippen LogP contribution in [-0.4, -0.2) is 40.3 Å². The molecule has 0 spiro atoms. The number of nitrogens with two attached hydrogens (primary N) is 1. The van der Waals surface area contributed by atoms with Crippen LogP contribution in [0.4, 0.5) is 5.82 Å². The maximum Gasteiger partial charge on any atom is 0.342 e. The summed E-state index contributed by atoms with van der Waals surface area (Å²) >= 11 is 1.98. The molecule has 9 nitrogen and oxygen atoms in total. The highest BCUT2D eigenvalue weighted by molar-refractivity contribution is 14.1. The summed E-state index contributed by atoms with van der Waals surface area (Å²) in [7, 11) is 0. The number of nitrogen functional groups attached to an aromatic ring is 1. The Hall–Kier alpha value is -2.76. The Kier molecular flexibility index (Phi) is 6.89. The molecule has 1 aromatic heterocycles. The van der Waals surface area contributed by atoms with Gasteiger partial charge in [0, 0.05) is 5.56 Å². The molecule has 0 aliphatic rings. The Morgan fingerprint density at radius 1 is 1.14 bits per heavy atom. The second-order valence-corrected chi connectivity index (χ2v) is 6.83. The van der Waals surface area contributed by atoms with Crippen LogP contribution in [0.3, 0.4) is 0 Å². The molecule has 10 heteroatoms. The first-order valence-electron chi connectivity index (χ1n) is 8.34. The highest BCUT2D eigenvalue weighted by Crippen LogP contribution is 2.40. The van der Waals surface area contributed by atoms with Gasteiger partial charge in [-0.15, -0.1) is 0 Å². The van der Waals surface area contributed by atoms with E-state index in [9.17, 15) is 24.6 Å². The van der Waals surface area contributed by atoms with E-state index in [1.165, 1.54) is 12.1 Å². The third-order valence-electron chi connectivity index (χ3n) is 3.72. The van der Waals surface area contributed by atoms with Gasteiger partial charge in [-0.1, -0.05) is 6.92 Å². The largest absolute Gasteiger partial charge is 0.490 e. The van der Waals surface area contributed by atoms with Gasteiger partial charge in [0.15, 0.2) is 11.5 Å². The standard InChI is InChI=1S/C18H19IN2O7/c1-3-5-28-14-9(19)6-8(7-10(14)27-4-2)11-12(17(23)24)15(20)21-16(22)13(11)18(25)26/h6-7H,3-5H2,1-2H3,(H,23,24)(H,25,26)(H3,20,21,22). The third kappa shape index (κ3) is 4.21. The van der Waals surface area contributed by atoms with Gasteiger partial charge in [0.2, 0.25) is 0 Å². The predicted octanol–water partition coefficient (Wildman–Crippen LogP) is 2.81. The first kappa shape index (κ1) is 21.5. The number of carbonyl (C=O) groups is 2. The average Bonchev–Trinajstić information content (AvgIpc) is 2.59. The minimum absolute atomic E-state index is 0.171. The quantitative estimate of drug-likeness (QED) is 0.403. The van der Waals surface area contributed by atoms with Crippen molar-refractivity contribution in [3.05, 3.63) is 37.2 Å². The smallest absolute Gasteiger partial charge is 0.342 e. The summed E-state index contributed by atoms with van der Waals surface area (Å²) in [5, 5.41) is 19.1. The molecule has 2 aromatic rings. The fourth-order valence-electron chi connectivity index (χ4n) is 2.65. The van der Waals surface area contributed by atoms with Crippen LogP contribution >= 0.6 is 22.6 Å². The zero-order chi connectivity index (χ0) is 21.0. The number of pyridine rings is 1. The Labute approximate surface area is 173 Å². The molecular formula is C18H19IN2O7. The van der Waals surface area contributed by atoms with Gasteiger partial charge in [-0.05, 0) is 53.6 Å². The molecule has 1 aromatic carbocycles. The van der Waals surface area contributed by atoms with Gasteiger partial charge in [0.05, 0.1) is 16.8 Å². The third-order valence-corrected chi connectivity index (χ3v) is 4.52. The van der Waals surface area contributed by atoms with E-state index in [4.69, 9.17) is 15.2 Å². The minimum atomic E-state index is -1.57. The number of halogens is 1. The van der Waals surface area contributed by atoms with Gasteiger partial charge in [-0.25, -0.2) is 9.59 Å². The summed E-state index contributed by atoms with van der Waals surface area (Å²) in [5.41, 5.74) is 3.34. The molecule has 0 aliphatic heterocycles. The molecule has 0 unspecified atom stereocenters. The number of benzene rings is 1. The molecule has 0 aliphatic carbocycles. The van der Waals surface area contributed by atoms with Gasteiger partial charge in [0.1, 0.15) is 16.9 Å². The van der Waals surface area contributed by atoms with E-state index in [0.717, 1.165) is 6.42 Å². The second-order valence-electron chi connectivity index (χ2n) is 5.67. The summed E-state index contributed by atoms with van der Waals surface area (Å²) in [4.78, 5) is 37.7. The molecular weight excluding hydrogens is 483 g/mol. The lowest BCUT2D eigenvalue weighted by Crippen LogP contribution is -2.24. The number of hydrogen-bond donors (Lipinski definition) is 4. The normalized spacial score (nSPS) is 10.5. The monoisotopic (exact) mass is 502 g/mol. The van der Waals surface area contributed by atoms with Gasteiger partial charge in [-0.2, -0.15) is 0 Å². The van der Waals surface area contributed by atoms with Crippen molar-refractivity contribution in [2.45, 2.75) is 20.3 Å². The molecule has 150 valence electrons. The average molecular weight is 502 g/mol. The molecule has 0 amide bonds. The van der Waals surface area contributed by atoms with E-state index in [2.05, 4.69) is 4.98 Å². The Balaban J connectivity index is 2.89. The van der Waals surface area contributed by atoms with E-state index in [1.54, 1.807) is 6.92 Å². The van der Waals surface area contributed by atoms with Crippen molar-refractivity contribution in [2.24, 2.45) is 0 Å². The first-order valence-corrected chi connectivity index (χ1v) is 9.42. The molecule has 5 N–H and O–H groups in total. The van der Waals surface area contributed by atoms with Crippen LogP contribution in [0, 0.1) is 3.57 Å². The van der Waals surface area contributed by atoms with Crippen LogP contribution in [0.25, 0.3) is 11.1 Å². The fourth-order valence-corrected chi connectivity index (χ4v) is 3.41. The van der Waals surface area contributed by atoms with Crippen molar-refractivity contribution in [3.8, 4) is 22.6 Å². The van der Waals surface area contributed by atoms with Crippen molar-refractivity contribution in [2.75, 3.05) is 18.9 Å². The molecule has 2 rings (SSSR count). The van der Waals surface area contributed by atoms with Crippen molar-refractivity contribution in [1.82, 2.24) is 4.98 Å². The summed E-state index contributed by atoms with van der Waals surface area (Å²) < 4.78 is 11.9. The highest BCUT2D eigenvalue weighted by atomic mass is 127. The minimum Gasteiger partial charge on any atom is -0.490 e. The summed E-state index contributed by atoms with van der Waals surface area (Å²) in [6.45, 7) is 4.45. The number of nitrogens with one attached hydrogen (secondary N) is 1. The van der Waals surface area contributed by atoms with Crippen LogP contribution in [0.5, 0.6) is 11.5 Å². The Morgan fingerprint density at radius 2 is 1.79 bits per heavy atom. The summed E-state index contributed by atoms with van der Waals surface area (Å²) in [6, 6.07) is 2.98. The number of H-pyrrole nitrogens is 1. The van der Waals surface area contributed by atoms with Crippen LogP contribution in [-0.2, 0) is 0 Å². The Bertz CT molecular complexity index is 985. The number of hydrogen-bond acceptors (Lipinski definition) is 6. The molecule has 0 fully saturated rings. The molecule has 1 heterocycles. The maximum absolute atomic E-state index is 12.2. The van der Waals surface area contributed by atoms with Gasteiger partial charge in [-0.3, -0.25) is 4.79 Å². The molecule has 0 saturated carbocycles. The number of anilines is 1. The molecule has 0 bridgehead atoms. The van der Waals surface area contributed by atoms with Gasteiger partial charge in [0.25, 0.3) is 5.56 Å². The first-order chi connectivity index (χ1) is 13.2. The summed E-state index contributed by atoms with van der Waals surface area (Å²) in [5.74, 6) is -2.70. The van der Waals surface area contributed by atoms with E-state index in [-0.39, 0.29) is 11.1 Å². The topological polar surface area (TPSA) is 152 Å². The van der Waals surface area contributed by atoms with E-state index >= 15 is 0 Å². The number of carboxylic acid groups (broad SMARTS) is 2. The highest BCUT2D eigenvalue weighted by Gasteiger charge is 2.28. The predicted molar refractivity (Wildman–Crippen MR) is 111 cm³/mol. The van der Waals surface area contributed by atoms with E-state index in [1.807, 2.05) is 29.5 Å². The van der Waals surface area contributed by atoms with Crippen molar-refractivity contribution in [1.29, 1.82) is 0 Å². The van der Waals surface area contributed by atoms with Gasteiger partial charge < -0.3 is 30.4 Å². The number of ether oxygens (including phenoxy) is 2. The number of carboxylic acids is 2. The van der Waals surface area contributed by atoms with E-state index < -0.39 is 34.4 Å². The molecule has 0 radical (unpaired) electrons. The molecule has 0 atom stereocenters. The van der Waals surface area contributed by atoms with Crippen LogP contribution < -0.4 is 20.8 Å². The molecule has 0 saturated heterocycles. The lowest BCUT2D eigenvalue weighted by atomic mass is 9.95. The fraction of sp³-hybridized carbons (Fsp3) is 0.278. The lowest BCUT2D eigenvalue weighted by Gasteiger charge is -2.17. The van der Waals surface area contributed by atoms with Gasteiger partial charge >= 0.3 is 11.9 Å². The number of rotatable bonds is 8. The zero-order valence-electron chi connectivity index (χ0n) is 15.2. The number of aromatic carboxylic acids is 2. The maximum atomic E-state index is 12.2. The molecule has 28 heavy (non-hydrogen) atoms. The SMILES string of the molecule is CCCOc1c(I)cc(-c2c(C(=O)O)c(N)[nH]c(=O)c2C(=O)O)cc1OCC. The van der Waals surface area contributed by atoms with Crippen LogP contribution in [0.15, 0.2) is 16.9 Å². The van der Waals surface area contributed by atoms with Crippen molar-refractivity contribution in [3.63, 3.8) is 0 Å². The van der Waals surface area contributed by atoms with E-state index in [0.29, 0.717) is 28.3 Å². The second kappa shape index (κ2) is 8.95. The van der Waals surface area contributed by atoms with Crippen LogP contribution in [0.2, 0.25) is 0 Å². The van der Waals surface area contributed by atoms with Crippen LogP contribution in [0.1, 0.15) is 41.0 Å². The number of aromatic nitrogens is 1. The zero-order valence-corrected chi connectivity index (χ0v) is 17.3. The van der Waals surface area contributed by atoms with Crippen molar-refractivity contribution >= 4 is 40.3 Å². The lowest BCUT2D eigenvalue weighted by molar-refractivity contribution is 0.0695. The Morgan fingerprint density at radius 3 is 2.32 bits per heavy atom. The summed E-state index contributed by atoms with van der Waals surface area (Å²) in [6.07, 6.45) is 0.764. The number of aromatic amines is 1.